The third kappa shape index (κ3) is 12.4. The van der Waals surface area contributed by atoms with E-state index in [1.807, 2.05) is 0 Å². The fourth-order valence-electron chi connectivity index (χ4n) is 7.64. The van der Waals surface area contributed by atoms with Gasteiger partial charge in [-0.3, -0.25) is 9.59 Å². The third-order valence-electron chi connectivity index (χ3n) is 11.2. The maximum Gasteiger partial charge on any atom is 0.246 e. The van der Waals surface area contributed by atoms with Gasteiger partial charge in [-0.25, -0.2) is 0 Å². The molecular weight excluding hydrogens is 772 g/mol. The number of hydrogen-bond donors (Lipinski definition) is 16. The minimum atomic E-state index is -1.40. The molecule has 0 aromatic rings. The standard InChI is InChI=1S/C34H68N10O14/c35-9-17-25(49)27(51)21(41)33(55-17)57-29-15(39)7-13(37)23(47)31(29)53-11-19(45)43-5-3-1-2-4-6-44-20(46)12-54-32-24(48)14(38)8-16(40)30(32)58-34-22(42)28(52)26(50)18(10-36)56-34/h13-18,21-34,47-52H,1-12,35-42H2,(H,43,45)(H,44,46)/t13-,14-,15+,16+,17-,18-,21-,22-,23+,24+,25-,26-,27-,28-,29-,30-,31-,32-,33-,34-/m1/s1. The van der Waals surface area contributed by atoms with Gasteiger partial charge in [0, 0.05) is 50.3 Å². The van der Waals surface area contributed by atoms with Gasteiger partial charge in [0.2, 0.25) is 11.8 Å². The Morgan fingerprint density at radius 3 is 1.22 bits per heavy atom. The highest BCUT2D eigenvalue weighted by atomic mass is 16.7. The van der Waals surface area contributed by atoms with Gasteiger partial charge in [-0.2, -0.15) is 0 Å². The molecule has 4 rings (SSSR count). The monoisotopic (exact) mass is 840 g/mol. The molecular formula is C34H68N10O14. The number of nitrogens with one attached hydrogen (secondary N) is 2. The summed E-state index contributed by atoms with van der Waals surface area (Å²) < 4.78 is 34.8. The largest absolute Gasteiger partial charge is 0.389 e. The Hall–Kier alpha value is -1.86. The summed E-state index contributed by atoms with van der Waals surface area (Å²) in [6, 6.07) is -5.33. The topological polar surface area (TPSA) is 443 Å². The van der Waals surface area contributed by atoms with Crippen LogP contribution in [0, 0.1) is 0 Å². The van der Waals surface area contributed by atoms with E-state index in [9.17, 15) is 40.2 Å². The maximum absolute atomic E-state index is 12.6. The molecule has 0 bridgehead atoms. The van der Waals surface area contributed by atoms with Gasteiger partial charge in [-0.1, -0.05) is 12.8 Å². The predicted octanol–water partition coefficient (Wildman–Crippen LogP) is -9.38. The number of aliphatic hydroxyl groups excluding tert-OH is 6. The van der Waals surface area contributed by atoms with Gasteiger partial charge in [-0.05, 0) is 25.7 Å². The first kappa shape index (κ1) is 48.8. The van der Waals surface area contributed by atoms with Crippen LogP contribution in [0.4, 0.5) is 0 Å². The third-order valence-corrected chi connectivity index (χ3v) is 11.2. The number of carbonyl (C=O) groups is 2. The normalized spacial score (nSPS) is 43.5. The van der Waals surface area contributed by atoms with Crippen molar-refractivity contribution in [3.63, 3.8) is 0 Å². The van der Waals surface area contributed by atoms with Crippen LogP contribution in [0.2, 0.25) is 0 Å². The molecule has 4 aliphatic rings. The fourth-order valence-corrected chi connectivity index (χ4v) is 7.64. The van der Waals surface area contributed by atoms with E-state index in [-0.39, 0.29) is 25.9 Å². The summed E-state index contributed by atoms with van der Waals surface area (Å²) in [7, 11) is 0. The van der Waals surface area contributed by atoms with Crippen molar-refractivity contribution in [1.82, 2.24) is 10.6 Å². The van der Waals surface area contributed by atoms with Crippen LogP contribution >= 0.6 is 0 Å². The SMILES string of the molecule is NC[C@H]1O[C@H](O[C@H]2[C@H](OCC(=O)NCCCCCCNC(=O)CO[C@@H]3[C@@H](O)[C@H](N)C[C@H](N)[C@H]3O[C@H]3O[C@H](CN)[C@@H](O)[C@H](O)[C@H]3N)[C@@H](O)[C@H](N)C[C@@H]2N)[C@H](N)[C@@H](O)[C@@H]1O. The Bertz CT molecular complexity index is 1180. The van der Waals surface area contributed by atoms with E-state index < -0.39 is 147 Å². The number of rotatable bonds is 19. The highest BCUT2D eigenvalue weighted by Gasteiger charge is 2.50. The Morgan fingerprint density at radius 1 is 0.517 bits per heavy atom. The lowest BCUT2D eigenvalue weighted by molar-refractivity contribution is -0.290. The second-order valence-electron chi connectivity index (χ2n) is 15.6. The van der Waals surface area contributed by atoms with Crippen LogP contribution in [0.1, 0.15) is 38.5 Å². The number of amides is 2. The van der Waals surface area contributed by atoms with E-state index in [4.69, 9.17) is 74.3 Å². The van der Waals surface area contributed by atoms with Gasteiger partial charge in [0.15, 0.2) is 12.6 Å². The van der Waals surface area contributed by atoms with E-state index in [1.165, 1.54) is 0 Å². The zero-order valence-corrected chi connectivity index (χ0v) is 32.6. The summed E-state index contributed by atoms with van der Waals surface area (Å²) in [5.41, 5.74) is 48.1. The Labute approximate surface area is 336 Å². The van der Waals surface area contributed by atoms with Gasteiger partial charge < -0.3 is 116 Å². The van der Waals surface area contributed by atoms with Crippen molar-refractivity contribution in [2.45, 2.75) is 161 Å². The highest BCUT2D eigenvalue weighted by Crippen LogP contribution is 2.30. The minimum absolute atomic E-state index is 0.119. The van der Waals surface area contributed by atoms with Crippen molar-refractivity contribution in [2.24, 2.45) is 45.9 Å². The van der Waals surface area contributed by atoms with Crippen LogP contribution in [-0.4, -0.2) is 204 Å². The van der Waals surface area contributed by atoms with E-state index in [0.29, 0.717) is 25.9 Å². The number of aliphatic hydroxyl groups is 6. The molecule has 0 aromatic carbocycles. The molecule has 2 amide bonds. The molecule has 20 atom stereocenters. The van der Waals surface area contributed by atoms with Gasteiger partial charge in [0.25, 0.3) is 0 Å². The Kier molecular flexibility index (Phi) is 19.2. The molecule has 0 radical (unpaired) electrons. The first-order chi connectivity index (χ1) is 27.5. The van der Waals surface area contributed by atoms with Gasteiger partial charge in [0.1, 0.15) is 74.3 Å². The fraction of sp³-hybridized carbons (Fsp3) is 0.941. The number of unbranched alkanes of at least 4 members (excludes halogenated alkanes) is 3. The maximum atomic E-state index is 12.6. The highest BCUT2D eigenvalue weighted by molar-refractivity contribution is 5.77. The van der Waals surface area contributed by atoms with Crippen molar-refractivity contribution >= 4 is 11.8 Å². The van der Waals surface area contributed by atoms with Crippen LogP contribution in [0.15, 0.2) is 0 Å². The van der Waals surface area contributed by atoms with Crippen LogP contribution in [-0.2, 0) is 38.0 Å². The van der Waals surface area contributed by atoms with Crippen LogP contribution in [0.3, 0.4) is 0 Å². The van der Waals surface area contributed by atoms with E-state index in [0.717, 1.165) is 12.8 Å². The van der Waals surface area contributed by atoms with Crippen molar-refractivity contribution in [3.05, 3.63) is 0 Å². The molecule has 24 nitrogen and oxygen atoms in total. The molecule has 24 N–H and O–H groups in total. The summed E-state index contributed by atoms with van der Waals surface area (Å²) in [6.07, 6.45) is -13.6. The number of nitrogens with two attached hydrogens (primary N) is 8. The van der Waals surface area contributed by atoms with Crippen LogP contribution < -0.4 is 56.5 Å². The summed E-state index contributed by atoms with van der Waals surface area (Å²) in [5, 5.41) is 68.2. The average Bonchev–Trinajstić information content (AvgIpc) is 3.19. The van der Waals surface area contributed by atoms with Gasteiger partial charge in [0.05, 0.1) is 24.3 Å². The Morgan fingerprint density at radius 2 is 0.879 bits per heavy atom. The lowest BCUT2D eigenvalue weighted by Gasteiger charge is -2.46. The molecule has 0 aromatic heterocycles. The Balaban J connectivity index is 1.13. The number of hydrogen-bond acceptors (Lipinski definition) is 22. The summed E-state index contributed by atoms with van der Waals surface area (Å²) in [4.78, 5) is 25.2. The quantitative estimate of drug-likeness (QED) is 0.0537. The van der Waals surface area contributed by atoms with Crippen LogP contribution in [0.25, 0.3) is 0 Å². The van der Waals surface area contributed by atoms with Gasteiger partial charge in [-0.15, -0.1) is 0 Å². The molecule has 2 aliphatic heterocycles. The molecule has 2 saturated carbocycles. The van der Waals surface area contributed by atoms with Gasteiger partial charge >= 0.3 is 0 Å². The van der Waals surface area contributed by atoms with Crippen molar-refractivity contribution < 1.29 is 68.6 Å². The molecule has 2 heterocycles. The van der Waals surface area contributed by atoms with E-state index >= 15 is 0 Å². The second-order valence-corrected chi connectivity index (χ2v) is 15.6. The predicted molar refractivity (Wildman–Crippen MR) is 202 cm³/mol. The molecule has 2 aliphatic carbocycles. The summed E-state index contributed by atoms with van der Waals surface area (Å²) in [6.45, 7) is -0.448. The van der Waals surface area contributed by atoms with E-state index in [1.54, 1.807) is 0 Å². The first-order valence-electron chi connectivity index (χ1n) is 19.9. The van der Waals surface area contributed by atoms with Crippen LogP contribution in [0.5, 0.6) is 0 Å². The zero-order valence-electron chi connectivity index (χ0n) is 32.6. The number of ether oxygens (including phenoxy) is 6. The smallest absolute Gasteiger partial charge is 0.246 e. The van der Waals surface area contributed by atoms with Crippen molar-refractivity contribution in [3.8, 4) is 0 Å². The molecule has 338 valence electrons. The molecule has 4 fully saturated rings. The van der Waals surface area contributed by atoms with E-state index in [2.05, 4.69) is 10.6 Å². The first-order valence-corrected chi connectivity index (χ1v) is 19.9. The van der Waals surface area contributed by atoms with Crippen molar-refractivity contribution in [1.29, 1.82) is 0 Å². The lowest BCUT2D eigenvalue weighted by atomic mass is 9.84. The molecule has 0 unspecified atom stereocenters. The second kappa shape index (κ2) is 22.8. The molecule has 0 spiro atoms. The zero-order chi connectivity index (χ0) is 42.8. The molecule has 58 heavy (non-hydrogen) atoms. The lowest BCUT2D eigenvalue weighted by Crippen LogP contribution is -2.68. The molecule has 24 heteroatoms. The summed E-state index contributed by atoms with van der Waals surface area (Å²) >= 11 is 0. The molecule has 2 saturated heterocycles. The van der Waals surface area contributed by atoms with Crippen molar-refractivity contribution in [2.75, 3.05) is 39.4 Å². The number of carbonyl (C=O) groups excluding carboxylic acids is 2. The summed E-state index contributed by atoms with van der Waals surface area (Å²) in [5.74, 6) is -0.914. The average molecular weight is 841 g/mol. The minimum Gasteiger partial charge on any atom is -0.389 e.